The predicted octanol–water partition coefficient (Wildman–Crippen LogP) is 3.72. The standard InChI is InChI=1S/C22H19N3O3/c1-15-9-11-16(12-10-15)21(27)24-19-7-4-6-17(13-19)22(28)25-23-14-18-5-2-3-8-20(18)26/h2-14,26H,1H3,(H,24,27)(H,25,28)/b23-14-. The first-order valence-electron chi connectivity index (χ1n) is 8.62. The van der Waals surface area contributed by atoms with Crippen LogP contribution in [0.1, 0.15) is 31.8 Å². The van der Waals surface area contributed by atoms with Gasteiger partial charge in [-0.05, 0) is 49.4 Å². The molecule has 0 radical (unpaired) electrons. The van der Waals surface area contributed by atoms with E-state index in [0.717, 1.165) is 5.56 Å². The number of hydrogen-bond donors (Lipinski definition) is 3. The number of nitrogens with one attached hydrogen (secondary N) is 2. The van der Waals surface area contributed by atoms with Gasteiger partial charge in [0.2, 0.25) is 0 Å². The summed E-state index contributed by atoms with van der Waals surface area (Å²) in [5.41, 5.74) is 5.34. The van der Waals surface area contributed by atoms with Crippen molar-refractivity contribution in [3.05, 3.63) is 95.1 Å². The summed E-state index contributed by atoms with van der Waals surface area (Å²) >= 11 is 0. The Balaban J connectivity index is 1.65. The predicted molar refractivity (Wildman–Crippen MR) is 109 cm³/mol. The molecule has 0 bridgehead atoms. The van der Waals surface area contributed by atoms with Gasteiger partial charge in [-0.15, -0.1) is 0 Å². The Morgan fingerprint density at radius 2 is 1.64 bits per heavy atom. The van der Waals surface area contributed by atoms with Crippen LogP contribution in [0.3, 0.4) is 0 Å². The van der Waals surface area contributed by atoms with Gasteiger partial charge in [0.05, 0.1) is 6.21 Å². The Labute approximate surface area is 162 Å². The molecule has 28 heavy (non-hydrogen) atoms. The first-order chi connectivity index (χ1) is 13.5. The van der Waals surface area contributed by atoms with Crippen LogP contribution in [0, 0.1) is 6.92 Å². The summed E-state index contributed by atoms with van der Waals surface area (Å²) in [6.45, 7) is 1.95. The van der Waals surface area contributed by atoms with Crippen molar-refractivity contribution in [1.29, 1.82) is 0 Å². The van der Waals surface area contributed by atoms with E-state index < -0.39 is 5.91 Å². The quantitative estimate of drug-likeness (QED) is 0.470. The van der Waals surface area contributed by atoms with Crippen molar-refractivity contribution >= 4 is 23.7 Å². The first-order valence-corrected chi connectivity index (χ1v) is 8.62. The van der Waals surface area contributed by atoms with Crippen LogP contribution in [0.2, 0.25) is 0 Å². The minimum atomic E-state index is -0.432. The molecule has 0 aliphatic heterocycles. The van der Waals surface area contributed by atoms with Gasteiger partial charge in [0, 0.05) is 22.4 Å². The third-order valence-corrected chi connectivity index (χ3v) is 4.00. The number of phenolic OH excluding ortho intramolecular Hbond substituents is 1. The van der Waals surface area contributed by atoms with Gasteiger partial charge in [-0.1, -0.05) is 35.9 Å². The second-order valence-corrected chi connectivity index (χ2v) is 6.16. The van der Waals surface area contributed by atoms with Gasteiger partial charge in [0.15, 0.2) is 0 Å². The van der Waals surface area contributed by atoms with E-state index in [1.54, 1.807) is 54.6 Å². The minimum absolute atomic E-state index is 0.0707. The van der Waals surface area contributed by atoms with Crippen LogP contribution in [-0.4, -0.2) is 23.1 Å². The molecule has 3 aromatic carbocycles. The largest absolute Gasteiger partial charge is 0.507 e. The monoisotopic (exact) mass is 373 g/mol. The average Bonchev–Trinajstić information content (AvgIpc) is 2.70. The second kappa shape index (κ2) is 8.64. The number of para-hydroxylation sites is 1. The molecule has 3 N–H and O–H groups in total. The molecule has 3 aromatic rings. The highest BCUT2D eigenvalue weighted by Gasteiger charge is 2.09. The van der Waals surface area contributed by atoms with E-state index in [1.165, 1.54) is 12.3 Å². The zero-order chi connectivity index (χ0) is 19.9. The summed E-state index contributed by atoms with van der Waals surface area (Å²) in [6, 6.07) is 20.4. The van der Waals surface area contributed by atoms with Crippen LogP contribution < -0.4 is 10.7 Å². The highest BCUT2D eigenvalue weighted by atomic mass is 16.3. The van der Waals surface area contributed by atoms with Crippen LogP contribution in [-0.2, 0) is 0 Å². The van der Waals surface area contributed by atoms with E-state index in [2.05, 4.69) is 15.8 Å². The molecule has 6 heteroatoms. The Bertz CT molecular complexity index is 1030. The number of phenols is 1. The molecular weight excluding hydrogens is 354 g/mol. The number of aryl methyl sites for hydroxylation is 1. The van der Waals surface area contributed by atoms with E-state index >= 15 is 0 Å². The van der Waals surface area contributed by atoms with Crippen molar-refractivity contribution in [3.8, 4) is 5.75 Å². The van der Waals surface area contributed by atoms with Crippen molar-refractivity contribution in [2.75, 3.05) is 5.32 Å². The Hall–Kier alpha value is -3.93. The average molecular weight is 373 g/mol. The fraction of sp³-hybridized carbons (Fsp3) is 0.0455. The van der Waals surface area contributed by atoms with Crippen LogP contribution in [0.25, 0.3) is 0 Å². The number of amides is 2. The number of hydrogen-bond acceptors (Lipinski definition) is 4. The van der Waals surface area contributed by atoms with E-state index in [-0.39, 0.29) is 11.7 Å². The van der Waals surface area contributed by atoms with Crippen LogP contribution in [0.4, 0.5) is 5.69 Å². The lowest BCUT2D eigenvalue weighted by molar-refractivity contribution is 0.0953. The van der Waals surface area contributed by atoms with E-state index in [9.17, 15) is 14.7 Å². The van der Waals surface area contributed by atoms with E-state index in [1.807, 2.05) is 19.1 Å². The first kappa shape index (κ1) is 18.8. The van der Waals surface area contributed by atoms with Gasteiger partial charge in [0.25, 0.3) is 11.8 Å². The Morgan fingerprint density at radius 3 is 2.39 bits per heavy atom. The van der Waals surface area contributed by atoms with E-state index in [0.29, 0.717) is 22.4 Å². The maximum Gasteiger partial charge on any atom is 0.271 e. The molecule has 0 atom stereocenters. The molecule has 0 unspecified atom stereocenters. The number of nitrogens with zero attached hydrogens (tertiary/aromatic N) is 1. The highest BCUT2D eigenvalue weighted by molar-refractivity contribution is 6.05. The van der Waals surface area contributed by atoms with Crippen LogP contribution in [0.5, 0.6) is 5.75 Å². The molecule has 0 heterocycles. The molecule has 0 saturated carbocycles. The molecule has 3 rings (SSSR count). The van der Waals surface area contributed by atoms with E-state index in [4.69, 9.17) is 0 Å². The number of rotatable bonds is 5. The van der Waals surface area contributed by atoms with Crippen molar-refractivity contribution in [1.82, 2.24) is 5.43 Å². The zero-order valence-corrected chi connectivity index (χ0v) is 15.2. The molecular formula is C22H19N3O3. The lowest BCUT2D eigenvalue weighted by Crippen LogP contribution is -2.18. The normalized spacial score (nSPS) is 10.6. The minimum Gasteiger partial charge on any atom is -0.507 e. The molecule has 140 valence electrons. The second-order valence-electron chi connectivity index (χ2n) is 6.16. The molecule has 0 saturated heterocycles. The lowest BCUT2D eigenvalue weighted by atomic mass is 10.1. The molecule has 0 aliphatic carbocycles. The maximum absolute atomic E-state index is 12.3. The summed E-state index contributed by atoms with van der Waals surface area (Å²) in [5, 5.41) is 16.3. The highest BCUT2D eigenvalue weighted by Crippen LogP contribution is 2.14. The molecule has 6 nitrogen and oxygen atoms in total. The molecule has 0 aromatic heterocycles. The summed E-state index contributed by atoms with van der Waals surface area (Å²) in [7, 11) is 0. The number of carbonyl (C=O) groups is 2. The summed E-state index contributed by atoms with van der Waals surface area (Å²) in [6.07, 6.45) is 1.36. The van der Waals surface area contributed by atoms with Gasteiger partial charge in [-0.3, -0.25) is 9.59 Å². The van der Waals surface area contributed by atoms with Crippen LogP contribution in [0.15, 0.2) is 77.9 Å². The molecule has 0 spiro atoms. The van der Waals surface area contributed by atoms with Gasteiger partial charge in [-0.2, -0.15) is 5.10 Å². The fourth-order valence-electron chi connectivity index (χ4n) is 2.47. The molecule has 0 aliphatic rings. The van der Waals surface area contributed by atoms with Crippen molar-refractivity contribution in [2.24, 2.45) is 5.10 Å². The zero-order valence-electron chi connectivity index (χ0n) is 15.2. The van der Waals surface area contributed by atoms with Crippen molar-refractivity contribution in [2.45, 2.75) is 6.92 Å². The summed E-state index contributed by atoms with van der Waals surface area (Å²) < 4.78 is 0. The lowest BCUT2D eigenvalue weighted by Gasteiger charge is -2.07. The number of aromatic hydroxyl groups is 1. The topological polar surface area (TPSA) is 90.8 Å². The number of benzene rings is 3. The smallest absolute Gasteiger partial charge is 0.271 e. The van der Waals surface area contributed by atoms with Gasteiger partial charge in [0.1, 0.15) is 5.75 Å². The van der Waals surface area contributed by atoms with Gasteiger partial charge in [-0.25, -0.2) is 5.43 Å². The third-order valence-electron chi connectivity index (χ3n) is 4.00. The summed E-state index contributed by atoms with van der Waals surface area (Å²) in [4.78, 5) is 24.6. The molecule has 0 fully saturated rings. The number of anilines is 1. The fourth-order valence-corrected chi connectivity index (χ4v) is 2.47. The third kappa shape index (κ3) is 4.82. The Morgan fingerprint density at radius 1 is 0.893 bits per heavy atom. The Kier molecular flexibility index (Phi) is 5.81. The van der Waals surface area contributed by atoms with Gasteiger partial charge < -0.3 is 10.4 Å². The van der Waals surface area contributed by atoms with Crippen LogP contribution >= 0.6 is 0 Å². The number of hydrazone groups is 1. The summed E-state index contributed by atoms with van der Waals surface area (Å²) in [5.74, 6) is -0.616. The number of carbonyl (C=O) groups excluding carboxylic acids is 2. The molecule has 2 amide bonds. The maximum atomic E-state index is 12.3. The van der Waals surface area contributed by atoms with Crippen molar-refractivity contribution in [3.63, 3.8) is 0 Å². The SMILES string of the molecule is Cc1ccc(C(=O)Nc2cccc(C(=O)N/N=C\c3ccccc3O)c2)cc1. The van der Waals surface area contributed by atoms with Crippen molar-refractivity contribution < 1.29 is 14.7 Å². The van der Waals surface area contributed by atoms with Gasteiger partial charge >= 0.3 is 0 Å².